The largest absolute Gasteiger partial charge is 0.496 e. The Hall–Kier alpha value is -2.93. The van der Waals surface area contributed by atoms with E-state index < -0.39 is 17.9 Å². The average molecular weight is 399 g/mol. The number of anilines is 1. The van der Waals surface area contributed by atoms with Crippen molar-refractivity contribution in [2.45, 2.75) is 38.4 Å². The van der Waals surface area contributed by atoms with Gasteiger partial charge in [0.1, 0.15) is 17.6 Å². The Kier molecular flexibility index (Phi) is 6.49. The van der Waals surface area contributed by atoms with Crippen LogP contribution < -0.4 is 20.3 Å². The summed E-state index contributed by atoms with van der Waals surface area (Å²) in [7, 11) is 3.20. The Balaban J connectivity index is 1.96. The highest BCUT2D eigenvalue weighted by Crippen LogP contribution is 2.30. The SMILES string of the molecule is CNC(C)C(=O)N[C@H]1CCc2ccccc2N(Cc2cc(F)ccc2OC)C1=O. The monoisotopic (exact) mass is 399 g/mol. The molecule has 3 rings (SSSR count). The maximum absolute atomic E-state index is 13.9. The Bertz CT molecular complexity index is 903. The lowest BCUT2D eigenvalue weighted by atomic mass is 10.1. The second-order valence-corrected chi connectivity index (χ2v) is 7.12. The van der Waals surface area contributed by atoms with Gasteiger partial charge in [0, 0.05) is 11.3 Å². The fourth-order valence-corrected chi connectivity index (χ4v) is 3.48. The van der Waals surface area contributed by atoms with E-state index in [-0.39, 0.29) is 18.4 Å². The molecule has 2 amide bonds. The highest BCUT2D eigenvalue weighted by molar-refractivity contribution is 6.00. The van der Waals surface area contributed by atoms with Crippen LogP contribution in [0.25, 0.3) is 0 Å². The standard InChI is InChI=1S/C22H26FN3O3/c1-14(24-2)21(27)25-18-10-8-15-6-4-5-7-19(15)26(22(18)28)13-16-12-17(23)9-11-20(16)29-3/h4-7,9,11-12,14,18,24H,8,10,13H2,1-3H3,(H,25,27)/t14?,18-/m0/s1. The molecular formula is C22H26FN3O3. The number of nitrogens with one attached hydrogen (secondary N) is 2. The highest BCUT2D eigenvalue weighted by atomic mass is 19.1. The number of carbonyl (C=O) groups excluding carboxylic acids is 2. The predicted octanol–water partition coefficient (Wildman–Crippen LogP) is 2.41. The number of aryl methyl sites for hydroxylation is 1. The van der Waals surface area contributed by atoms with Crippen molar-refractivity contribution in [3.05, 3.63) is 59.4 Å². The summed E-state index contributed by atoms with van der Waals surface area (Å²) in [6, 6.07) is 10.8. The van der Waals surface area contributed by atoms with Gasteiger partial charge in [-0.25, -0.2) is 4.39 Å². The molecule has 1 aliphatic rings. The Labute approximate surface area is 170 Å². The van der Waals surface area contributed by atoms with Gasteiger partial charge in [-0.2, -0.15) is 0 Å². The molecule has 1 aliphatic heterocycles. The molecule has 2 aromatic rings. The number of benzene rings is 2. The third-order valence-corrected chi connectivity index (χ3v) is 5.26. The summed E-state index contributed by atoms with van der Waals surface area (Å²) in [6.07, 6.45) is 1.15. The molecular weight excluding hydrogens is 373 g/mol. The Morgan fingerprint density at radius 2 is 2.07 bits per heavy atom. The van der Waals surface area contributed by atoms with Crippen LogP contribution in [0.15, 0.2) is 42.5 Å². The molecule has 2 aromatic carbocycles. The lowest BCUT2D eigenvalue weighted by Gasteiger charge is -2.27. The first kappa shape index (κ1) is 20.8. The molecule has 29 heavy (non-hydrogen) atoms. The number of likely N-dealkylation sites (N-methyl/N-ethyl adjacent to an activating group) is 1. The quantitative estimate of drug-likeness (QED) is 0.783. The van der Waals surface area contributed by atoms with Crippen molar-refractivity contribution in [1.82, 2.24) is 10.6 Å². The molecule has 7 heteroatoms. The summed E-state index contributed by atoms with van der Waals surface area (Å²) < 4.78 is 19.2. The van der Waals surface area contributed by atoms with E-state index in [1.807, 2.05) is 24.3 Å². The van der Waals surface area contributed by atoms with Crippen LogP contribution in [0.4, 0.5) is 10.1 Å². The van der Waals surface area contributed by atoms with E-state index in [9.17, 15) is 14.0 Å². The summed E-state index contributed by atoms with van der Waals surface area (Å²) in [5, 5.41) is 5.73. The van der Waals surface area contributed by atoms with E-state index in [4.69, 9.17) is 4.74 Å². The van der Waals surface area contributed by atoms with Crippen molar-refractivity contribution in [1.29, 1.82) is 0 Å². The minimum Gasteiger partial charge on any atom is -0.496 e. The van der Waals surface area contributed by atoms with Crippen LogP contribution in [0.5, 0.6) is 5.75 Å². The van der Waals surface area contributed by atoms with Gasteiger partial charge in [0.05, 0.1) is 19.7 Å². The van der Waals surface area contributed by atoms with Crippen LogP contribution in [-0.4, -0.2) is 38.1 Å². The van der Waals surface area contributed by atoms with Crippen LogP contribution in [0.2, 0.25) is 0 Å². The maximum Gasteiger partial charge on any atom is 0.249 e. The molecule has 0 radical (unpaired) electrons. The van der Waals surface area contributed by atoms with Crippen molar-refractivity contribution in [2.24, 2.45) is 0 Å². The number of para-hydroxylation sites is 1. The minimum absolute atomic E-state index is 0.144. The fourth-order valence-electron chi connectivity index (χ4n) is 3.48. The number of methoxy groups -OCH3 is 1. The molecule has 0 saturated heterocycles. The molecule has 0 aliphatic carbocycles. The number of carbonyl (C=O) groups is 2. The van der Waals surface area contributed by atoms with Gasteiger partial charge in [-0.05, 0) is 56.6 Å². The molecule has 6 nitrogen and oxygen atoms in total. The number of hydrogen-bond acceptors (Lipinski definition) is 4. The third-order valence-electron chi connectivity index (χ3n) is 5.26. The van der Waals surface area contributed by atoms with E-state index in [0.29, 0.717) is 24.2 Å². The van der Waals surface area contributed by atoms with E-state index >= 15 is 0 Å². The number of fused-ring (bicyclic) bond motifs is 1. The van der Waals surface area contributed by atoms with E-state index in [1.54, 1.807) is 24.9 Å². The molecule has 2 N–H and O–H groups in total. The van der Waals surface area contributed by atoms with Crippen molar-refractivity contribution in [2.75, 3.05) is 19.1 Å². The van der Waals surface area contributed by atoms with Crippen LogP contribution in [-0.2, 0) is 22.6 Å². The molecule has 0 bridgehead atoms. The molecule has 1 heterocycles. The van der Waals surface area contributed by atoms with E-state index in [2.05, 4.69) is 10.6 Å². The van der Waals surface area contributed by atoms with Crippen LogP contribution >= 0.6 is 0 Å². The number of nitrogens with zero attached hydrogens (tertiary/aromatic N) is 1. The normalized spacial score (nSPS) is 17.3. The molecule has 1 unspecified atom stereocenters. The fraction of sp³-hybridized carbons (Fsp3) is 0.364. The van der Waals surface area contributed by atoms with Crippen LogP contribution in [0.1, 0.15) is 24.5 Å². The number of ether oxygens (including phenoxy) is 1. The van der Waals surface area contributed by atoms with Gasteiger partial charge in [0.25, 0.3) is 0 Å². The number of hydrogen-bond donors (Lipinski definition) is 2. The third kappa shape index (κ3) is 4.56. The second kappa shape index (κ2) is 9.05. The molecule has 2 atom stereocenters. The summed E-state index contributed by atoms with van der Waals surface area (Å²) in [6.45, 7) is 1.88. The number of halogens is 1. The zero-order chi connectivity index (χ0) is 21.0. The topological polar surface area (TPSA) is 70.7 Å². The Morgan fingerprint density at radius 1 is 1.31 bits per heavy atom. The minimum atomic E-state index is -0.662. The summed E-state index contributed by atoms with van der Waals surface area (Å²) >= 11 is 0. The van der Waals surface area contributed by atoms with Gasteiger partial charge in [0.15, 0.2) is 0 Å². The first-order valence-electron chi connectivity index (χ1n) is 9.64. The van der Waals surface area contributed by atoms with Gasteiger partial charge in [-0.15, -0.1) is 0 Å². The first-order chi connectivity index (χ1) is 13.9. The van der Waals surface area contributed by atoms with Gasteiger partial charge in [-0.1, -0.05) is 18.2 Å². The molecule has 0 spiro atoms. The second-order valence-electron chi connectivity index (χ2n) is 7.12. The lowest BCUT2D eigenvalue weighted by Crippen LogP contribution is -2.52. The van der Waals surface area contributed by atoms with Gasteiger partial charge >= 0.3 is 0 Å². The predicted molar refractivity (Wildman–Crippen MR) is 109 cm³/mol. The van der Waals surface area contributed by atoms with Crippen molar-refractivity contribution >= 4 is 17.5 Å². The smallest absolute Gasteiger partial charge is 0.249 e. The van der Waals surface area contributed by atoms with Gasteiger partial charge in [0.2, 0.25) is 11.8 Å². The molecule has 0 saturated carbocycles. The van der Waals surface area contributed by atoms with Crippen molar-refractivity contribution < 1.29 is 18.7 Å². The Morgan fingerprint density at radius 3 is 2.79 bits per heavy atom. The molecule has 0 fully saturated rings. The van der Waals surface area contributed by atoms with Crippen LogP contribution in [0.3, 0.4) is 0 Å². The summed E-state index contributed by atoms with van der Waals surface area (Å²) in [5.74, 6) is -0.354. The summed E-state index contributed by atoms with van der Waals surface area (Å²) in [5.41, 5.74) is 2.34. The van der Waals surface area contributed by atoms with Crippen molar-refractivity contribution in [3.8, 4) is 5.75 Å². The van der Waals surface area contributed by atoms with Crippen LogP contribution in [0, 0.1) is 5.82 Å². The number of rotatable bonds is 6. The molecule has 154 valence electrons. The van der Waals surface area contributed by atoms with Gasteiger partial charge in [-0.3, -0.25) is 9.59 Å². The molecule has 0 aromatic heterocycles. The zero-order valence-corrected chi connectivity index (χ0v) is 16.9. The summed E-state index contributed by atoms with van der Waals surface area (Å²) in [4.78, 5) is 27.4. The zero-order valence-electron chi connectivity index (χ0n) is 16.9. The van der Waals surface area contributed by atoms with Gasteiger partial charge < -0.3 is 20.3 Å². The average Bonchev–Trinajstić information content (AvgIpc) is 2.85. The highest BCUT2D eigenvalue weighted by Gasteiger charge is 2.32. The maximum atomic E-state index is 13.9. The van der Waals surface area contributed by atoms with Crippen molar-refractivity contribution in [3.63, 3.8) is 0 Å². The first-order valence-corrected chi connectivity index (χ1v) is 9.64. The van der Waals surface area contributed by atoms with E-state index in [1.165, 1.54) is 19.2 Å². The number of amides is 2. The lowest BCUT2D eigenvalue weighted by molar-refractivity contribution is -0.128. The van der Waals surface area contributed by atoms with E-state index in [0.717, 1.165) is 11.3 Å².